The van der Waals surface area contributed by atoms with Gasteiger partial charge in [-0.3, -0.25) is 4.79 Å². The summed E-state index contributed by atoms with van der Waals surface area (Å²) in [6.07, 6.45) is -4.39. The van der Waals surface area contributed by atoms with Crippen LogP contribution in [0.15, 0.2) is 18.2 Å². The minimum atomic E-state index is -4.57. The molecule has 1 aromatic rings. The summed E-state index contributed by atoms with van der Waals surface area (Å²) in [5, 5.41) is 8.77. The van der Waals surface area contributed by atoms with Crippen LogP contribution in [0.1, 0.15) is 30.5 Å². The lowest BCUT2D eigenvalue weighted by atomic mass is 9.84. The zero-order valence-corrected chi connectivity index (χ0v) is 10.5. The minimum Gasteiger partial charge on any atom is -0.369 e. The molecule has 0 aliphatic carbocycles. The number of alkyl halides is 3. The molecule has 0 bridgehead atoms. The number of hydrogen-bond acceptors (Lipinski definition) is 2. The van der Waals surface area contributed by atoms with Gasteiger partial charge in [-0.15, -0.1) is 0 Å². The number of carbonyl (C=O) groups is 1. The van der Waals surface area contributed by atoms with E-state index in [1.165, 1.54) is 12.1 Å². The molecule has 0 radical (unpaired) electrons. The number of nitrogens with zero attached hydrogens (tertiary/aromatic N) is 1. The zero-order valence-electron chi connectivity index (χ0n) is 10.5. The zero-order chi connectivity index (χ0) is 14.8. The minimum absolute atomic E-state index is 0.176. The van der Waals surface area contributed by atoms with E-state index < -0.39 is 28.6 Å². The van der Waals surface area contributed by atoms with Crippen molar-refractivity contribution in [3.05, 3.63) is 34.9 Å². The predicted octanol–water partition coefficient (Wildman–Crippen LogP) is 2.63. The summed E-state index contributed by atoms with van der Waals surface area (Å²) in [5.41, 5.74) is 3.36. The molecule has 2 N–H and O–H groups in total. The van der Waals surface area contributed by atoms with Gasteiger partial charge in [0.2, 0.25) is 5.91 Å². The molecule has 0 unspecified atom stereocenters. The van der Waals surface area contributed by atoms with E-state index in [1.807, 2.05) is 0 Å². The van der Waals surface area contributed by atoms with Crippen LogP contribution >= 0.6 is 0 Å². The molecule has 3 nitrogen and oxygen atoms in total. The topological polar surface area (TPSA) is 66.9 Å². The molecule has 0 aliphatic rings. The molecule has 1 amide bonds. The SMILES string of the molecule is CC(C)(Cc1ccc(C(F)(F)F)c(C#N)c1)C(N)=O. The Morgan fingerprint density at radius 1 is 1.37 bits per heavy atom. The van der Waals surface area contributed by atoms with Crippen molar-refractivity contribution in [3.63, 3.8) is 0 Å². The number of carbonyl (C=O) groups excluding carboxylic acids is 1. The Kier molecular flexibility index (Phi) is 3.89. The van der Waals surface area contributed by atoms with Gasteiger partial charge in [0.05, 0.1) is 17.2 Å². The lowest BCUT2D eigenvalue weighted by Crippen LogP contribution is -2.33. The summed E-state index contributed by atoms with van der Waals surface area (Å²) in [4.78, 5) is 11.2. The molecular weight excluding hydrogens is 257 g/mol. The van der Waals surface area contributed by atoms with Gasteiger partial charge in [0, 0.05) is 5.41 Å². The Hall–Kier alpha value is -2.03. The maximum Gasteiger partial charge on any atom is 0.417 e. The summed E-state index contributed by atoms with van der Waals surface area (Å²) in [6, 6.07) is 4.78. The Bertz CT molecular complexity index is 542. The van der Waals surface area contributed by atoms with Crippen molar-refractivity contribution < 1.29 is 18.0 Å². The molecule has 0 saturated heterocycles. The smallest absolute Gasteiger partial charge is 0.369 e. The summed E-state index contributed by atoms with van der Waals surface area (Å²) in [5.74, 6) is -0.550. The molecule has 0 saturated carbocycles. The third kappa shape index (κ3) is 3.47. The van der Waals surface area contributed by atoms with Crippen LogP contribution in [0.5, 0.6) is 0 Å². The van der Waals surface area contributed by atoms with Crippen LogP contribution in [-0.4, -0.2) is 5.91 Å². The van der Waals surface area contributed by atoms with Crippen LogP contribution in [0.3, 0.4) is 0 Å². The van der Waals surface area contributed by atoms with Gasteiger partial charge < -0.3 is 5.73 Å². The first-order chi connectivity index (χ1) is 8.58. The van der Waals surface area contributed by atoms with Gasteiger partial charge in [-0.25, -0.2) is 0 Å². The molecule has 0 aliphatic heterocycles. The van der Waals surface area contributed by atoms with Crippen LogP contribution in [0.4, 0.5) is 13.2 Å². The first kappa shape index (κ1) is 15.0. The maximum atomic E-state index is 12.6. The van der Waals surface area contributed by atoms with Gasteiger partial charge in [0.25, 0.3) is 0 Å². The van der Waals surface area contributed by atoms with Gasteiger partial charge in [-0.2, -0.15) is 18.4 Å². The highest BCUT2D eigenvalue weighted by molar-refractivity contribution is 5.80. The second-order valence-electron chi connectivity index (χ2n) is 4.91. The Labute approximate surface area is 108 Å². The monoisotopic (exact) mass is 270 g/mol. The van der Waals surface area contributed by atoms with E-state index in [2.05, 4.69) is 0 Å². The van der Waals surface area contributed by atoms with Crippen molar-refractivity contribution in [3.8, 4) is 6.07 Å². The van der Waals surface area contributed by atoms with Crippen molar-refractivity contribution in [2.24, 2.45) is 11.1 Å². The van der Waals surface area contributed by atoms with E-state index in [-0.39, 0.29) is 6.42 Å². The van der Waals surface area contributed by atoms with Crippen molar-refractivity contribution >= 4 is 5.91 Å². The highest BCUT2D eigenvalue weighted by Crippen LogP contribution is 2.33. The predicted molar refractivity (Wildman–Crippen MR) is 62.8 cm³/mol. The van der Waals surface area contributed by atoms with Crippen LogP contribution in [-0.2, 0) is 17.4 Å². The van der Waals surface area contributed by atoms with Gasteiger partial charge in [0.15, 0.2) is 0 Å². The lowest BCUT2D eigenvalue weighted by Gasteiger charge is -2.20. The first-order valence-electron chi connectivity index (χ1n) is 5.48. The van der Waals surface area contributed by atoms with Gasteiger partial charge in [0.1, 0.15) is 0 Å². The Morgan fingerprint density at radius 3 is 2.37 bits per heavy atom. The highest BCUT2D eigenvalue weighted by atomic mass is 19.4. The standard InChI is InChI=1S/C13H13F3N2O/c1-12(2,11(18)19)6-8-3-4-10(13(14,15)16)9(5-8)7-17/h3-5H,6H2,1-2H3,(H2,18,19). The number of benzene rings is 1. The number of primary amides is 1. The lowest BCUT2D eigenvalue weighted by molar-refractivity contribution is -0.137. The summed E-state index contributed by atoms with van der Waals surface area (Å²) in [6.45, 7) is 3.19. The van der Waals surface area contributed by atoms with Crippen molar-refractivity contribution in [2.45, 2.75) is 26.4 Å². The number of rotatable bonds is 3. The van der Waals surface area contributed by atoms with E-state index in [0.29, 0.717) is 5.56 Å². The molecule has 1 aromatic carbocycles. The molecule has 0 aromatic heterocycles. The molecule has 1 rings (SSSR count). The normalized spacial score (nSPS) is 12.0. The van der Waals surface area contributed by atoms with Gasteiger partial charge in [-0.1, -0.05) is 19.9 Å². The van der Waals surface area contributed by atoms with Crippen molar-refractivity contribution in [2.75, 3.05) is 0 Å². The van der Waals surface area contributed by atoms with Crippen molar-refractivity contribution in [1.29, 1.82) is 5.26 Å². The third-order valence-electron chi connectivity index (χ3n) is 2.82. The number of nitrogens with two attached hydrogens (primary N) is 1. The van der Waals surface area contributed by atoms with Gasteiger partial charge >= 0.3 is 6.18 Å². The Morgan fingerprint density at radius 2 is 1.95 bits per heavy atom. The fraction of sp³-hybridized carbons (Fsp3) is 0.385. The van der Waals surface area contributed by atoms with E-state index in [1.54, 1.807) is 13.8 Å². The first-order valence-corrected chi connectivity index (χ1v) is 5.48. The van der Waals surface area contributed by atoms with E-state index in [9.17, 15) is 18.0 Å². The summed E-state index contributed by atoms with van der Waals surface area (Å²) >= 11 is 0. The largest absolute Gasteiger partial charge is 0.417 e. The quantitative estimate of drug-likeness (QED) is 0.917. The number of amides is 1. The molecule has 0 fully saturated rings. The molecule has 102 valence electrons. The van der Waals surface area contributed by atoms with Crippen LogP contribution in [0.2, 0.25) is 0 Å². The molecule has 0 heterocycles. The molecule has 19 heavy (non-hydrogen) atoms. The maximum absolute atomic E-state index is 12.6. The second-order valence-corrected chi connectivity index (χ2v) is 4.91. The molecule has 0 spiro atoms. The highest BCUT2D eigenvalue weighted by Gasteiger charge is 2.34. The van der Waals surface area contributed by atoms with E-state index in [0.717, 1.165) is 12.1 Å². The fourth-order valence-corrected chi connectivity index (χ4v) is 1.64. The summed E-state index contributed by atoms with van der Waals surface area (Å²) in [7, 11) is 0. The average Bonchev–Trinajstić information content (AvgIpc) is 2.26. The van der Waals surface area contributed by atoms with E-state index in [4.69, 9.17) is 11.0 Å². The average molecular weight is 270 g/mol. The van der Waals surface area contributed by atoms with Crippen LogP contribution < -0.4 is 5.73 Å². The van der Waals surface area contributed by atoms with Gasteiger partial charge in [-0.05, 0) is 24.1 Å². The molecular formula is C13H13F3N2O. The van der Waals surface area contributed by atoms with E-state index >= 15 is 0 Å². The summed E-state index contributed by atoms with van der Waals surface area (Å²) < 4.78 is 37.8. The second kappa shape index (κ2) is 4.92. The van der Waals surface area contributed by atoms with Crippen LogP contribution in [0.25, 0.3) is 0 Å². The Balaban J connectivity index is 3.16. The third-order valence-corrected chi connectivity index (χ3v) is 2.82. The fourth-order valence-electron chi connectivity index (χ4n) is 1.64. The van der Waals surface area contributed by atoms with Crippen LogP contribution in [0, 0.1) is 16.7 Å². The molecule has 6 heteroatoms. The number of hydrogen-bond donors (Lipinski definition) is 1. The molecule has 0 atom stereocenters. The number of nitriles is 1. The van der Waals surface area contributed by atoms with Crippen molar-refractivity contribution in [1.82, 2.24) is 0 Å². The number of halogens is 3.